The Morgan fingerprint density at radius 3 is 2.38 bits per heavy atom. The van der Waals surface area contributed by atoms with Gasteiger partial charge in [-0.25, -0.2) is 4.79 Å². The molecule has 0 fully saturated rings. The average Bonchev–Trinajstić information content (AvgIpc) is 2.53. The maximum Gasteiger partial charge on any atom is 0.331 e. The van der Waals surface area contributed by atoms with Crippen molar-refractivity contribution in [3.63, 3.8) is 0 Å². The van der Waals surface area contributed by atoms with E-state index < -0.39 is 10.9 Å². The monoisotopic (exact) mass is 283 g/mol. The van der Waals surface area contributed by atoms with Gasteiger partial charge in [0.2, 0.25) is 0 Å². The number of nitro groups is 1. The van der Waals surface area contributed by atoms with E-state index in [9.17, 15) is 14.9 Å². The number of methoxy groups -OCH3 is 1. The molecule has 2 rings (SSSR count). The summed E-state index contributed by atoms with van der Waals surface area (Å²) >= 11 is 0. The molecular weight excluding hydrogens is 270 g/mol. The lowest BCUT2D eigenvalue weighted by molar-refractivity contribution is -0.384. The number of carbonyl (C=O) groups excluding carboxylic acids is 1. The molecule has 0 aliphatic heterocycles. The largest absolute Gasteiger partial charge is 0.466 e. The van der Waals surface area contributed by atoms with Crippen LogP contribution in [0.2, 0.25) is 0 Å². The van der Waals surface area contributed by atoms with E-state index in [0.717, 1.165) is 5.56 Å². The highest BCUT2D eigenvalue weighted by Crippen LogP contribution is 2.26. The van der Waals surface area contributed by atoms with Crippen LogP contribution in [0.5, 0.6) is 0 Å². The molecule has 2 aromatic carbocycles. The minimum Gasteiger partial charge on any atom is -0.466 e. The Morgan fingerprint density at radius 1 is 1.10 bits per heavy atom. The fourth-order valence-corrected chi connectivity index (χ4v) is 1.91. The molecule has 0 aliphatic rings. The number of ether oxygens (including phenoxy) is 1. The van der Waals surface area contributed by atoms with Crippen LogP contribution in [-0.2, 0) is 9.53 Å². The number of hydrogen-bond donors (Lipinski definition) is 0. The minimum atomic E-state index is -0.514. The first kappa shape index (κ1) is 14.5. The van der Waals surface area contributed by atoms with Crippen molar-refractivity contribution in [2.45, 2.75) is 0 Å². The Balaban J connectivity index is 2.55. The van der Waals surface area contributed by atoms with Gasteiger partial charge in [-0.15, -0.1) is 0 Å². The third-order valence-corrected chi connectivity index (χ3v) is 2.92. The van der Waals surface area contributed by atoms with E-state index in [1.54, 1.807) is 12.1 Å². The van der Waals surface area contributed by atoms with E-state index in [4.69, 9.17) is 0 Å². The van der Waals surface area contributed by atoms with Gasteiger partial charge in [-0.1, -0.05) is 42.5 Å². The van der Waals surface area contributed by atoms with Gasteiger partial charge in [-0.2, -0.15) is 0 Å². The van der Waals surface area contributed by atoms with E-state index >= 15 is 0 Å². The van der Waals surface area contributed by atoms with E-state index in [2.05, 4.69) is 4.74 Å². The molecule has 0 saturated heterocycles. The van der Waals surface area contributed by atoms with Crippen LogP contribution in [0.1, 0.15) is 11.1 Å². The molecule has 0 spiro atoms. The van der Waals surface area contributed by atoms with E-state index in [1.165, 1.54) is 25.3 Å². The van der Waals surface area contributed by atoms with Gasteiger partial charge in [-0.3, -0.25) is 10.1 Å². The fourth-order valence-electron chi connectivity index (χ4n) is 1.91. The Hall–Kier alpha value is -2.95. The molecule has 0 saturated carbocycles. The third-order valence-electron chi connectivity index (χ3n) is 2.92. The van der Waals surface area contributed by atoms with Gasteiger partial charge >= 0.3 is 5.97 Å². The van der Waals surface area contributed by atoms with Crippen LogP contribution in [0.4, 0.5) is 5.69 Å². The number of benzene rings is 2. The normalized spacial score (nSPS) is 11.0. The standard InChI is InChI=1S/C16H13NO4/c1-21-16(18)11-15(12-6-3-2-4-7-12)13-8-5-9-14(10-13)17(19)20/h2-11H,1H3/b15-11+. The van der Waals surface area contributed by atoms with Crippen LogP contribution in [0.15, 0.2) is 60.7 Å². The third kappa shape index (κ3) is 3.54. The van der Waals surface area contributed by atoms with Gasteiger partial charge in [0.1, 0.15) is 0 Å². The molecule has 0 aromatic heterocycles. The Morgan fingerprint density at radius 2 is 1.76 bits per heavy atom. The molecule has 2 aromatic rings. The SMILES string of the molecule is COC(=O)/C=C(\c1ccccc1)c1cccc([N+](=O)[O-])c1. The van der Waals surface area contributed by atoms with Crippen molar-refractivity contribution in [2.24, 2.45) is 0 Å². The topological polar surface area (TPSA) is 69.4 Å². The summed E-state index contributed by atoms with van der Waals surface area (Å²) in [6, 6.07) is 15.3. The fraction of sp³-hybridized carbons (Fsp3) is 0.0625. The second kappa shape index (κ2) is 6.47. The molecular formula is C16H13NO4. The number of non-ortho nitro benzene ring substituents is 1. The molecule has 0 aliphatic carbocycles. The number of nitrogens with zero attached hydrogens (tertiary/aromatic N) is 1. The van der Waals surface area contributed by atoms with Gasteiger partial charge in [0.15, 0.2) is 0 Å². The molecule has 0 atom stereocenters. The van der Waals surface area contributed by atoms with Crippen molar-refractivity contribution in [1.82, 2.24) is 0 Å². The van der Waals surface area contributed by atoms with Gasteiger partial charge < -0.3 is 4.74 Å². The van der Waals surface area contributed by atoms with Crippen molar-refractivity contribution < 1.29 is 14.5 Å². The molecule has 0 radical (unpaired) electrons. The molecule has 5 nitrogen and oxygen atoms in total. The van der Waals surface area contributed by atoms with Crippen molar-refractivity contribution in [3.8, 4) is 0 Å². The lowest BCUT2D eigenvalue weighted by atomic mass is 9.97. The Kier molecular flexibility index (Phi) is 4.46. The highest BCUT2D eigenvalue weighted by Gasteiger charge is 2.12. The van der Waals surface area contributed by atoms with Crippen molar-refractivity contribution in [3.05, 3.63) is 81.9 Å². The molecule has 21 heavy (non-hydrogen) atoms. The zero-order valence-electron chi connectivity index (χ0n) is 11.4. The molecule has 0 amide bonds. The quantitative estimate of drug-likeness (QED) is 0.374. The summed E-state index contributed by atoms with van der Waals surface area (Å²) in [5.41, 5.74) is 1.91. The number of carbonyl (C=O) groups is 1. The molecule has 106 valence electrons. The summed E-state index contributed by atoms with van der Waals surface area (Å²) in [5, 5.41) is 10.9. The summed E-state index contributed by atoms with van der Waals surface area (Å²) in [6.45, 7) is 0. The summed E-state index contributed by atoms with van der Waals surface area (Å²) in [4.78, 5) is 22.0. The zero-order valence-corrected chi connectivity index (χ0v) is 11.4. The zero-order chi connectivity index (χ0) is 15.2. The Bertz CT molecular complexity index is 692. The van der Waals surface area contributed by atoms with Gasteiger partial charge in [-0.05, 0) is 16.7 Å². The lowest BCUT2D eigenvalue weighted by Crippen LogP contribution is -1.99. The Labute approximate surface area is 121 Å². The molecule has 5 heteroatoms. The number of esters is 1. The molecule has 0 N–H and O–H groups in total. The van der Waals surface area contributed by atoms with Crippen LogP contribution in [-0.4, -0.2) is 18.0 Å². The highest BCUT2D eigenvalue weighted by atomic mass is 16.6. The summed E-state index contributed by atoms with van der Waals surface area (Å²) < 4.78 is 4.65. The average molecular weight is 283 g/mol. The predicted molar refractivity (Wildman–Crippen MR) is 78.6 cm³/mol. The maximum atomic E-state index is 11.6. The van der Waals surface area contributed by atoms with Crippen molar-refractivity contribution >= 4 is 17.2 Å². The van der Waals surface area contributed by atoms with Crippen LogP contribution in [0, 0.1) is 10.1 Å². The second-order valence-electron chi connectivity index (χ2n) is 4.25. The van der Waals surface area contributed by atoms with Crippen LogP contribution in [0.25, 0.3) is 5.57 Å². The highest BCUT2D eigenvalue weighted by molar-refractivity contribution is 5.96. The van der Waals surface area contributed by atoms with Gasteiger partial charge in [0.05, 0.1) is 12.0 Å². The number of hydrogen-bond acceptors (Lipinski definition) is 4. The van der Waals surface area contributed by atoms with Crippen molar-refractivity contribution in [1.29, 1.82) is 0 Å². The van der Waals surface area contributed by atoms with Crippen LogP contribution in [0.3, 0.4) is 0 Å². The first-order chi connectivity index (χ1) is 10.1. The van der Waals surface area contributed by atoms with E-state index in [-0.39, 0.29) is 5.69 Å². The smallest absolute Gasteiger partial charge is 0.331 e. The van der Waals surface area contributed by atoms with E-state index in [1.807, 2.05) is 30.3 Å². The summed E-state index contributed by atoms with van der Waals surface area (Å²) in [6.07, 6.45) is 1.33. The predicted octanol–water partition coefficient (Wildman–Crippen LogP) is 3.20. The summed E-state index contributed by atoms with van der Waals surface area (Å²) in [5.74, 6) is -0.514. The van der Waals surface area contributed by atoms with Crippen LogP contribution >= 0.6 is 0 Å². The first-order valence-electron chi connectivity index (χ1n) is 6.21. The van der Waals surface area contributed by atoms with Crippen LogP contribution < -0.4 is 0 Å². The number of rotatable bonds is 4. The minimum absolute atomic E-state index is 0.0285. The first-order valence-corrected chi connectivity index (χ1v) is 6.21. The van der Waals surface area contributed by atoms with E-state index in [0.29, 0.717) is 11.1 Å². The van der Waals surface area contributed by atoms with Crippen molar-refractivity contribution in [2.75, 3.05) is 7.11 Å². The number of nitro benzene ring substituents is 1. The summed E-state index contributed by atoms with van der Waals surface area (Å²) in [7, 11) is 1.29. The van der Waals surface area contributed by atoms with Gasteiger partial charge in [0.25, 0.3) is 5.69 Å². The second-order valence-corrected chi connectivity index (χ2v) is 4.25. The lowest BCUT2D eigenvalue weighted by Gasteiger charge is -2.08. The molecule has 0 unspecified atom stereocenters. The molecule has 0 bridgehead atoms. The molecule has 0 heterocycles. The van der Waals surface area contributed by atoms with Gasteiger partial charge in [0, 0.05) is 18.2 Å². The maximum absolute atomic E-state index is 11.6.